The number of rotatable bonds is 10. The molecule has 2 aliphatic heterocycles. The third-order valence-corrected chi connectivity index (χ3v) is 7.35. The number of ether oxygens (including phenoxy) is 4. The molecule has 2 amide bonds. The van der Waals surface area contributed by atoms with E-state index in [0.717, 1.165) is 11.1 Å². The normalized spacial score (nSPS) is 14.9. The van der Waals surface area contributed by atoms with Gasteiger partial charge in [-0.25, -0.2) is 0 Å². The summed E-state index contributed by atoms with van der Waals surface area (Å²) in [5.41, 5.74) is 2.39. The summed E-state index contributed by atoms with van der Waals surface area (Å²) >= 11 is 0. The molecule has 1 saturated heterocycles. The Balaban J connectivity index is 1.60. The van der Waals surface area contributed by atoms with E-state index in [9.17, 15) is 14.4 Å². The van der Waals surface area contributed by atoms with Crippen LogP contribution in [0, 0.1) is 5.41 Å². The van der Waals surface area contributed by atoms with Gasteiger partial charge in [0, 0.05) is 37.8 Å². The molecule has 11 heteroatoms. The molecule has 0 radical (unpaired) electrons. The minimum absolute atomic E-state index is 0.0944. The van der Waals surface area contributed by atoms with Gasteiger partial charge in [-0.1, -0.05) is 20.8 Å². The summed E-state index contributed by atoms with van der Waals surface area (Å²) < 4.78 is 22.7. The molecule has 2 heterocycles. The molecule has 0 bridgehead atoms. The maximum atomic E-state index is 13.8. The van der Waals surface area contributed by atoms with Crippen molar-refractivity contribution in [2.75, 3.05) is 60.2 Å². The molecule has 4 rings (SSSR count). The summed E-state index contributed by atoms with van der Waals surface area (Å²) in [6.07, 6.45) is 0. The Bertz CT molecular complexity index is 1380. The van der Waals surface area contributed by atoms with Gasteiger partial charge in [0.15, 0.2) is 12.4 Å². The first-order valence-electron chi connectivity index (χ1n) is 14.1. The number of amides is 2. The number of ketones is 1. The molecule has 0 saturated carbocycles. The van der Waals surface area contributed by atoms with Gasteiger partial charge in [0.1, 0.15) is 23.1 Å². The first kappa shape index (κ1) is 30.8. The topological polar surface area (TPSA) is 130 Å². The molecule has 0 atom stereocenters. The summed E-state index contributed by atoms with van der Waals surface area (Å²) in [4.78, 5) is 42.4. The van der Waals surface area contributed by atoms with Crippen LogP contribution in [0.1, 0.15) is 65.1 Å². The van der Waals surface area contributed by atoms with Crippen molar-refractivity contribution in [2.24, 2.45) is 0 Å². The molecule has 11 nitrogen and oxygen atoms in total. The van der Waals surface area contributed by atoms with Crippen LogP contribution < -0.4 is 19.5 Å². The number of nitrogens with one attached hydrogen (secondary N) is 2. The average molecular weight is 581 g/mol. The van der Waals surface area contributed by atoms with E-state index < -0.39 is 5.41 Å². The smallest absolute Gasteiger partial charge is 0.260 e. The van der Waals surface area contributed by atoms with Crippen molar-refractivity contribution in [1.29, 1.82) is 5.41 Å². The van der Waals surface area contributed by atoms with E-state index in [1.807, 2.05) is 33.8 Å². The molecule has 226 valence electrons. The summed E-state index contributed by atoms with van der Waals surface area (Å²) in [5.74, 6) is 0.674. The first-order chi connectivity index (χ1) is 20.0. The Hall–Kier alpha value is -4.12. The Morgan fingerprint density at radius 3 is 2.38 bits per heavy atom. The highest BCUT2D eigenvalue weighted by Gasteiger charge is 2.32. The van der Waals surface area contributed by atoms with Crippen molar-refractivity contribution in [2.45, 2.75) is 39.7 Å². The fraction of sp³-hybridized carbons (Fsp3) is 0.484. The SMILES string of the molecule is CCOc1cc2c(cc1C(=O)NC)C(=N)N(CC(=O)c1cc(OCC(=O)N3CCOCC3)cc(C(C)(C)C)c1OC)C2. The number of carbonyl (C=O) groups excluding carboxylic acids is 3. The van der Waals surface area contributed by atoms with Crippen LogP contribution in [0.3, 0.4) is 0 Å². The molecule has 0 unspecified atom stereocenters. The number of hydrogen-bond acceptors (Lipinski definition) is 8. The first-order valence-corrected chi connectivity index (χ1v) is 14.1. The fourth-order valence-electron chi connectivity index (χ4n) is 5.13. The Morgan fingerprint density at radius 2 is 1.76 bits per heavy atom. The number of methoxy groups -OCH3 is 1. The van der Waals surface area contributed by atoms with Crippen LogP contribution in [0.2, 0.25) is 0 Å². The number of hydrogen-bond donors (Lipinski definition) is 2. The lowest BCUT2D eigenvalue weighted by molar-refractivity contribution is -0.137. The van der Waals surface area contributed by atoms with Crippen molar-refractivity contribution in [3.8, 4) is 17.2 Å². The number of benzene rings is 2. The second-order valence-corrected chi connectivity index (χ2v) is 11.2. The van der Waals surface area contributed by atoms with Crippen LogP contribution in [0.25, 0.3) is 0 Å². The van der Waals surface area contributed by atoms with Crippen molar-refractivity contribution < 1.29 is 33.3 Å². The van der Waals surface area contributed by atoms with Crippen LogP contribution in [0.4, 0.5) is 0 Å². The van der Waals surface area contributed by atoms with Crippen molar-refractivity contribution in [3.05, 3.63) is 52.1 Å². The monoisotopic (exact) mass is 580 g/mol. The summed E-state index contributed by atoms with van der Waals surface area (Å²) in [5, 5.41) is 11.4. The number of amidine groups is 1. The summed E-state index contributed by atoms with van der Waals surface area (Å²) in [6.45, 7) is 10.3. The largest absolute Gasteiger partial charge is 0.496 e. The molecular formula is C31H40N4O7. The van der Waals surface area contributed by atoms with Crippen LogP contribution in [-0.2, 0) is 21.5 Å². The molecular weight excluding hydrogens is 540 g/mol. The van der Waals surface area contributed by atoms with E-state index in [4.69, 9.17) is 24.4 Å². The highest BCUT2D eigenvalue weighted by atomic mass is 16.5. The molecule has 0 aliphatic carbocycles. The lowest BCUT2D eigenvalue weighted by atomic mass is 9.84. The molecule has 2 aromatic rings. The van der Waals surface area contributed by atoms with E-state index >= 15 is 0 Å². The second-order valence-electron chi connectivity index (χ2n) is 11.2. The fourth-order valence-corrected chi connectivity index (χ4v) is 5.13. The van der Waals surface area contributed by atoms with Gasteiger partial charge < -0.3 is 34.1 Å². The summed E-state index contributed by atoms with van der Waals surface area (Å²) in [7, 11) is 3.06. The highest BCUT2D eigenvalue weighted by molar-refractivity contribution is 6.08. The lowest BCUT2D eigenvalue weighted by Gasteiger charge is -2.27. The van der Waals surface area contributed by atoms with Gasteiger partial charge in [-0.05, 0) is 42.2 Å². The molecule has 2 aromatic carbocycles. The van der Waals surface area contributed by atoms with Gasteiger partial charge in [-0.3, -0.25) is 19.8 Å². The van der Waals surface area contributed by atoms with Crippen LogP contribution >= 0.6 is 0 Å². The van der Waals surface area contributed by atoms with E-state index in [0.29, 0.717) is 73.4 Å². The number of Topliss-reactive ketones (excluding diaryl/α,β-unsaturated/α-hetero) is 1. The second kappa shape index (κ2) is 12.8. The predicted molar refractivity (Wildman–Crippen MR) is 157 cm³/mol. The van der Waals surface area contributed by atoms with Gasteiger partial charge in [0.25, 0.3) is 11.8 Å². The zero-order valence-corrected chi connectivity index (χ0v) is 25.2. The quantitative estimate of drug-likeness (QED) is 0.410. The molecule has 42 heavy (non-hydrogen) atoms. The van der Waals surface area contributed by atoms with Crippen molar-refractivity contribution >= 4 is 23.4 Å². The Morgan fingerprint density at radius 1 is 1.05 bits per heavy atom. The standard InChI is InChI=1S/C31H40N4O7/c1-7-41-26-12-19-16-35(29(32)21(19)15-23(26)30(38)33-5)17-25(36)22-13-20(14-24(28(22)39-6)31(2,3)4)42-18-27(37)34-8-10-40-11-9-34/h12-15,32H,7-11,16-18H2,1-6H3,(H,33,38). The minimum atomic E-state index is -0.392. The van der Waals surface area contributed by atoms with E-state index in [1.165, 1.54) is 14.2 Å². The number of carbonyl (C=O) groups is 3. The average Bonchev–Trinajstić information content (AvgIpc) is 3.27. The minimum Gasteiger partial charge on any atom is -0.496 e. The molecule has 1 fully saturated rings. The number of morpholine rings is 1. The highest BCUT2D eigenvalue weighted by Crippen LogP contribution is 2.38. The zero-order chi connectivity index (χ0) is 30.6. The van der Waals surface area contributed by atoms with Gasteiger partial charge in [-0.15, -0.1) is 0 Å². The maximum Gasteiger partial charge on any atom is 0.260 e. The lowest BCUT2D eigenvalue weighted by Crippen LogP contribution is -2.43. The van der Waals surface area contributed by atoms with Crippen LogP contribution in [-0.4, -0.2) is 93.5 Å². The predicted octanol–water partition coefficient (Wildman–Crippen LogP) is 3.01. The van der Waals surface area contributed by atoms with E-state index in [1.54, 1.807) is 28.0 Å². The third kappa shape index (κ3) is 6.51. The van der Waals surface area contributed by atoms with Crippen LogP contribution in [0.5, 0.6) is 17.2 Å². The van der Waals surface area contributed by atoms with Crippen LogP contribution in [0.15, 0.2) is 24.3 Å². The maximum absolute atomic E-state index is 13.8. The van der Waals surface area contributed by atoms with Gasteiger partial charge in [0.05, 0.1) is 44.6 Å². The number of fused-ring (bicyclic) bond motifs is 1. The summed E-state index contributed by atoms with van der Waals surface area (Å²) in [6, 6.07) is 6.82. The molecule has 0 aromatic heterocycles. The third-order valence-electron chi connectivity index (χ3n) is 7.35. The van der Waals surface area contributed by atoms with Crippen molar-refractivity contribution in [1.82, 2.24) is 15.1 Å². The molecule has 2 aliphatic rings. The number of nitrogens with zero attached hydrogens (tertiary/aromatic N) is 2. The Kier molecular flexibility index (Phi) is 9.40. The molecule has 0 spiro atoms. The van der Waals surface area contributed by atoms with Gasteiger partial charge >= 0.3 is 0 Å². The zero-order valence-electron chi connectivity index (χ0n) is 25.2. The van der Waals surface area contributed by atoms with Gasteiger partial charge in [0.2, 0.25) is 0 Å². The van der Waals surface area contributed by atoms with Crippen molar-refractivity contribution in [3.63, 3.8) is 0 Å². The van der Waals surface area contributed by atoms with E-state index in [2.05, 4.69) is 5.32 Å². The van der Waals surface area contributed by atoms with E-state index in [-0.39, 0.29) is 36.6 Å². The molecule has 2 N–H and O–H groups in total. The Labute approximate surface area is 246 Å². The van der Waals surface area contributed by atoms with Gasteiger partial charge in [-0.2, -0.15) is 0 Å².